The zero-order valence-electron chi connectivity index (χ0n) is 9.47. The summed E-state index contributed by atoms with van der Waals surface area (Å²) in [5.41, 5.74) is 0.908. The quantitative estimate of drug-likeness (QED) is 0.750. The van der Waals surface area contributed by atoms with Crippen LogP contribution in [0.5, 0.6) is 0 Å². The van der Waals surface area contributed by atoms with Crippen molar-refractivity contribution in [3.63, 3.8) is 0 Å². The number of carbonyl (C=O) groups is 2. The minimum atomic E-state index is -1.20. The molecular weight excluding hydrogens is 236 g/mol. The summed E-state index contributed by atoms with van der Waals surface area (Å²) in [7, 11) is 0. The van der Waals surface area contributed by atoms with Crippen molar-refractivity contribution in [1.82, 2.24) is 15.2 Å². The van der Waals surface area contributed by atoms with Crippen molar-refractivity contribution < 1.29 is 14.7 Å². The van der Waals surface area contributed by atoms with E-state index in [-0.39, 0.29) is 11.4 Å². The largest absolute Gasteiger partial charge is 0.476 e. The molecular formula is C11H10N4O3. The van der Waals surface area contributed by atoms with Gasteiger partial charge in [0.1, 0.15) is 0 Å². The van der Waals surface area contributed by atoms with Crippen molar-refractivity contribution in [1.29, 1.82) is 0 Å². The summed E-state index contributed by atoms with van der Waals surface area (Å²) in [6, 6.07) is 3.02. The average molecular weight is 246 g/mol. The van der Waals surface area contributed by atoms with Crippen LogP contribution in [0.4, 0.5) is 5.69 Å². The number of hydrogen-bond donors (Lipinski definition) is 3. The summed E-state index contributed by atoms with van der Waals surface area (Å²) >= 11 is 0. The Morgan fingerprint density at radius 2 is 2.22 bits per heavy atom. The van der Waals surface area contributed by atoms with Crippen molar-refractivity contribution in [3.05, 3.63) is 41.5 Å². The van der Waals surface area contributed by atoms with Gasteiger partial charge in [-0.15, -0.1) is 0 Å². The number of carbonyl (C=O) groups excluding carboxylic acids is 1. The van der Waals surface area contributed by atoms with E-state index in [0.717, 1.165) is 0 Å². The number of nitrogens with zero attached hydrogens (tertiary/aromatic N) is 2. The minimum Gasteiger partial charge on any atom is -0.476 e. The van der Waals surface area contributed by atoms with Gasteiger partial charge in [-0.1, -0.05) is 0 Å². The first-order chi connectivity index (χ1) is 8.59. The molecule has 0 aromatic carbocycles. The third-order valence-electron chi connectivity index (χ3n) is 2.33. The number of nitrogens with one attached hydrogen (secondary N) is 2. The molecule has 0 saturated heterocycles. The maximum absolute atomic E-state index is 11.9. The lowest BCUT2D eigenvalue weighted by atomic mass is 10.2. The molecule has 1 amide bonds. The first-order valence-electron chi connectivity index (χ1n) is 5.09. The van der Waals surface area contributed by atoms with E-state index in [1.54, 1.807) is 13.0 Å². The molecule has 0 saturated carbocycles. The molecule has 0 atom stereocenters. The summed E-state index contributed by atoms with van der Waals surface area (Å²) < 4.78 is 0. The summed E-state index contributed by atoms with van der Waals surface area (Å²) in [6.07, 6.45) is 2.73. The van der Waals surface area contributed by atoms with Crippen LogP contribution in [0.15, 0.2) is 24.5 Å². The predicted octanol–water partition coefficient (Wildman–Crippen LogP) is 1.06. The van der Waals surface area contributed by atoms with E-state index < -0.39 is 11.9 Å². The van der Waals surface area contributed by atoms with Gasteiger partial charge in [-0.2, -0.15) is 5.10 Å². The number of pyridine rings is 1. The van der Waals surface area contributed by atoms with Crippen molar-refractivity contribution in [3.8, 4) is 0 Å². The topological polar surface area (TPSA) is 108 Å². The first-order valence-corrected chi connectivity index (χ1v) is 5.09. The molecule has 2 heterocycles. The van der Waals surface area contributed by atoms with Crippen LogP contribution < -0.4 is 5.32 Å². The molecule has 2 rings (SSSR count). The third kappa shape index (κ3) is 2.19. The number of anilines is 1. The molecule has 0 radical (unpaired) electrons. The number of H-pyrrole nitrogens is 1. The number of aromatic amines is 1. The Labute approximate surface area is 102 Å². The minimum absolute atomic E-state index is 0.149. The fraction of sp³-hybridized carbons (Fsp3) is 0.0909. The van der Waals surface area contributed by atoms with E-state index in [0.29, 0.717) is 11.3 Å². The molecule has 18 heavy (non-hydrogen) atoms. The molecule has 92 valence electrons. The molecule has 0 spiro atoms. The van der Waals surface area contributed by atoms with Gasteiger partial charge < -0.3 is 10.4 Å². The first kappa shape index (κ1) is 11.8. The number of carboxylic acid groups (broad SMARTS) is 1. The molecule has 0 aliphatic carbocycles. The molecule has 2 aromatic heterocycles. The Hall–Kier alpha value is -2.70. The Kier molecular flexibility index (Phi) is 3.05. The highest BCUT2D eigenvalue weighted by molar-refractivity contribution is 6.07. The van der Waals surface area contributed by atoms with Gasteiger partial charge >= 0.3 is 5.97 Å². The van der Waals surface area contributed by atoms with Gasteiger partial charge in [-0.05, 0) is 19.1 Å². The van der Waals surface area contributed by atoms with Crippen LogP contribution in [-0.4, -0.2) is 32.2 Å². The van der Waals surface area contributed by atoms with Gasteiger partial charge in [-0.3, -0.25) is 9.89 Å². The summed E-state index contributed by atoms with van der Waals surface area (Å²) in [5, 5.41) is 17.8. The van der Waals surface area contributed by atoms with Crippen molar-refractivity contribution in [2.24, 2.45) is 0 Å². The van der Waals surface area contributed by atoms with E-state index in [4.69, 9.17) is 5.11 Å². The Morgan fingerprint density at radius 3 is 2.83 bits per heavy atom. The molecule has 7 heteroatoms. The van der Waals surface area contributed by atoms with Crippen LogP contribution in [0.25, 0.3) is 0 Å². The number of rotatable bonds is 3. The molecule has 0 fully saturated rings. The van der Waals surface area contributed by atoms with Gasteiger partial charge in [0.25, 0.3) is 5.91 Å². The Balaban J connectivity index is 2.28. The van der Waals surface area contributed by atoms with Gasteiger partial charge in [0.05, 0.1) is 17.4 Å². The highest BCUT2D eigenvalue weighted by atomic mass is 16.4. The molecule has 3 N–H and O–H groups in total. The molecule has 0 aliphatic rings. The zero-order valence-corrected chi connectivity index (χ0v) is 9.47. The SMILES string of the molecule is Cc1[nH]ncc1C(=O)Nc1cccnc1C(=O)O. The third-order valence-corrected chi connectivity index (χ3v) is 2.33. The number of aromatic nitrogens is 3. The summed E-state index contributed by atoms with van der Waals surface area (Å²) in [6.45, 7) is 1.70. The van der Waals surface area contributed by atoms with Gasteiger partial charge in [-0.25, -0.2) is 9.78 Å². The van der Waals surface area contributed by atoms with Crippen LogP contribution in [0.3, 0.4) is 0 Å². The fourth-order valence-electron chi connectivity index (χ4n) is 1.45. The number of hydrogen-bond acceptors (Lipinski definition) is 4. The molecule has 0 bridgehead atoms. The van der Waals surface area contributed by atoms with Crippen LogP contribution >= 0.6 is 0 Å². The maximum atomic E-state index is 11.9. The zero-order chi connectivity index (χ0) is 13.1. The molecule has 0 aliphatic heterocycles. The smallest absolute Gasteiger partial charge is 0.356 e. The molecule has 0 unspecified atom stereocenters. The number of aryl methyl sites for hydroxylation is 1. The van der Waals surface area contributed by atoms with Gasteiger partial charge in [0.2, 0.25) is 0 Å². The van der Waals surface area contributed by atoms with E-state index >= 15 is 0 Å². The van der Waals surface area contributed by atoms with Crippen LogP contribution in [-0.2, 0) is 0 Å². The highest BCUT2D eigenvalue weighted by Gasteiger charge is 2.16. The number of aromatic carboxylic acids is 1. The van der Waals surface area contributed by atoms with Gasteiger partial charge in [0.15, 0.2) is 5.69 Å². The van der Waals surface area contributed by atoms with Crippen LogP contribution in [0.1, 0.15) is 26.5 Å². The standard InChI is InChI=1S/C11H10N4O3/c1-6-7(5-13-15-6)10(16)14-8-3-2-4-12-9(8)11(17)18/h2-5H,1H3,(H,13,15)(H,14,16)(H,17,18). The second-order valence-corrected chi connectivity index (χ2v) is 3.57. The van der Waals surface area contributed by atoms with E-state index in [2.05, 4.69) is 20.5 Å². The lowest BCUT2D eigenvalue weighted by Gasteiger charge is -2.06. The van der Waals surface area contributed by atoms with E-state index in [1.807, 2.05) is 0 Å². The molecule has 2 aromatic rings. The van der Waals surface area contributed by atoms with E-state index in [9.17, 15) is 9.59 Å². The second-order valence-electron chi connectivity index (χ2n) is 3.57. The Morgan fingerprint density at radius 1 is 1.44 bits per heavy atom. The van der Waals surface area contributed by atoms with Crippen LogP contribution in [0.2, 0.25) is 0 Å². The fourth-order valence-corrected chi connectivity index (χ4v) is 1.45. The number of carboxylic acids is 1. The van der Waals surface area contributed by atoms with Crippen LogP contribution in [0, 0.1) is 6.92 Å². The highest BCUT2D eigenvalue weighted by Crippen LogP contribution is 2.14. The van der Waals surface area contributed by atoms with Crippen molar-refractivity contribution >= 4 is 17.6 Å². The lowest BCUT2D eigenvalue weighted by molar-refractivity contribution is 0.0692. The second kappa shape index (κ2) is 4.66. The lowest BCUT2D eigenvalue weighted by Crippen LogP contribution is -2.16. The summed E-state index contributed by atoms with van der Waals surface area (Å²) in [5.74, 6) is -1.63. The molecule has 7 nitrogen and oxygen atoms in total. The maximum Gasteiger partial charge on any atom is 0.356 e. The monoisotopic (exact) mass is 246 g/mol. The normalized spacial score (nSPS) is 10.1. The van der Waals surface area contributed by atoms with Crippen molar-refractivity contribution in [2.45, 2.75) is 6.92 Å². The summed E-state index contributed by atoms with van der Waals surface area (Å²) in [4.78, 5) is 26.5. The van der Waals surface area contributed by atoms with E-state index in [1.165, 1.54) is 18.5 Å². The van der Waals surface area contributed by atoms with Crippen molar-refractivity contribution in [2.75, 3.05) is 5.32 Å². The van der Waals surface area contributed by atoms with Gasteiger partial charge in [0, 0.05) is 11.9 Å². The Bertz CT molecular complexity index is 606. The predicted molar refractivity (Wildman–Crippen MR) is 62.5 cm³/mol. The average Bonchev–Trinajstić information content (AvgIpc) is 2.76. The number of amides is 1.